The van der Waals surface area contributed by atoms with Crippen LogP contribution in [0.25, 0.3) is 10.8 Å². The van der Waals surface area contributed by atoms with Gasteiger partial charge in [0.15, 0.2) is 11.6 Å². The molecule has 0 unspecified atom stereocenters. The first-order chi connectivity index (χ1) is 15.1. The number of aryl methyl sites for hydroxylation is 1. The Morgan fingerprint density at radius 3 is 2.39 bits per heavy atom. The molecule has 0 heterocycles. The van der Waals surface area contributed by atoms with E-state index < -0.39 is 11.6 Å². The first-order valence-electron chi connectivity index (χ1n) is 11.6. The van der Waals surface area contributed by atoms with E-state index in [-0.39, 0.29) is 0 Å². The van der Waals surface area contributed by atoms with E-state index in [4.69, 9.17) is 0 Å². The number of unbranched alkanes of at least 4 members (excludes halogenated alkanes) is 2. The van der Waals surface area contributed by atoms with E-state index in [0.29, 0.717) is 22.6 Å². The van der Waals surface area contributed by atoms with Crippen molar-refractivity contribution < 1.29 is 8.78 Å². The van der Waals surface area contributed by atoms with Gasteiger partial charge in [0.1, 0.15) is 0 Å². The van der Waals surface area contributed by atoms with Gasteiger partial charge in [-0.3, -0.25) is 0 Å². The first kappa shape index (κ1) is 21.6. The molecule has 1 aliphatic rings. The topological polar surface area (TPSA) is 0 Å². The highest BCUT2D eigenvalue weighted by Crippen LogP contribution is 2.35. The molecule has 1 aliphatic carbocycles. The van der Waals surface area contributed by atoms with Crippen LogP contribution < -0.4 is 0 Å². The van der Waals surface area contributed by atoms with Gasteiger partial charge in [0, 0.05) is 16.9 Å². The molecule has 0 spiro atoms. The highest BCUT2D eigenvalue weighted by Gasteiger charge is 2.21. The molecule has 1 saturated carbocycles. The second-order valence-electron chi connectivity index (χ2n) is 8.81. The van der Waals surface area contributed by atoms with E-state index in [2.05, 4.69) is 43.0 Å². The molecule has 0 atom stereocenters. The van der Waals surface area contributed by atoms with Crippen LogP contribution >= 0.6 is 0 Å². The Morgan fingerprint density at radius 1 is 0.871 bits per heavy atom. The Labute approximate surface area is 184 Å². The molecule has 1 fully saturated rings. The summed E-state index contributed by atoms with van der Waals surface area (Å²) in [4.78, 5) is 0. The maximum absolute atomic E-state index is 13.9. The quantitative estimate of drug-likeness (QED) is 0.291. The van der Waals surface area contributed by atoms with Gasteiger partial charge in [0.2, 0.25) is 0 Å². The van der Waals surface area contributed by atoms with Crippen molar-refractivity contribution in [3.8, 4) is 11.8 Å². The fourth-order valence-electron chi connectivity index (χ4n) is 4.64. The van der Waals surface area contributed by atoms with Crippen LogP contribution in [0, 0.1) is 29.4 Å². The smallest absolute Gasteiger partial charge is 0.166 e. The lowest BCUT2D eigenvalue weighted by Gasteiger charge is -2.26. The average molecular weight is 417 g/mol. The Hall–Kier alpha value is -2.66. The van der Waals surface area contributed by atoms with Gasteiger partial charge >= 0.3 is 0 Å². The molecule has 0 nitrogen and oxygen atoms in total. The molecule has 4 rings (SSSR count). The van der Waals surface area contributed by atoms with Crippen molar-refractivity contribution >= 4 is 10.8 Å². The summed E-state index contributed by atoms with van der Waals surface area (Å²) in [6.07, 6.45) is 9.63. The summed E-state index contributed by atoms with van der Waals surface area (Å²) in [6, 6.07) is 17.3. The van der Waals surface area contributed by atoms with Crippen LogP contribution in [0.1, 0.15) is 74.5 Å². The van der Waals surface area contributed by atoms with E-state index in [0.717, 1.165) is 18.4 Å². The van der Waals surface area contributed by atoms with Crippen molar-refractivity contribution in [2.75, 3.05) is 0 Å². The Kier molecular flexibility index (Phi) is 7.03. The second-order valence-corrected chi connectivity index (χ2v) is 8.81. The molecule has 0 radical (unpaired) electrons. The zero-order valence-electron chi connectivity index (χ0n) is 18.3. The van der Waals surface area contributed by atoms with Crippen molar-refractivity contribution in [1.82, 2.24) is 0 Å². The summed E-state index contributed by atoms with van der Waals surface area (Å²) < 4.78 is 27.2. The minimum Gasteiger partial charge on any atom is -0.204 e. The van der Waals surface area contributed by atoms with Crippen LogP contribution in [0.15, 0.2) is 54.6 Å². The number of hydrogen-bond donors (Lipinski definition) is 0. The molecule has 0 bridgehead atoms. The molecule has 2 heteroatoms. The average Bonchev–Trinajstić information content (AvgIpc) is 2.81. The minimum absolute atomic E-state index is 0.308. The van der Waals surface area contributed by atoms with Crippen LogP contribution in [-0.2, 0) is 6.42 Å². The number of fused-ring (bicyclic) bond motifs is 1. The number of rotatable bonds is 5. The summed E-state index contributed by atoms with van der Waals surface area (Å²) in [5, 5.41) is 0.995. The summed E-state index contributed by atoms with van der Waals surface area (Å²) >= 11 is 0. The lowest BCUT2D eigenvalue weighted by Crippen LogP contribution is -2.12. The predicted molar refractivity (Wildman–Crippen MR) is 125 cm³/mol. The lowest BCUT2D eigenvalue weighted by molar-refractivity contribution is 0.384. The summed E-state index contributed by atoms with van der Waals surface area (Å²) in [6.45, 7) is 2.25. The second kappa shape index (κ2) is 10.1. The van der Waals surface area contributed by atoms with E-state index in [1.165, 1.54) is 55.7 Å². The van der Waals surface area contributed by atoms with Gasteiger partial charge in [-0.15, -0.1) is 0 Å². The zero-order chi connectivity index (χ0) is 21.6. The Morgan fingerprint density at radius 2 is 1.65 bits per heavy atom. The third-order valence-electron chi connectivity index (χ3n) is 6.57. The fraction of sp³-hybridized carbons (Fsp3) is 0.379. The Balaban J connectivity index is 1.34. The van der Waals surface area contributed by atoms with Gasteiger partial charge in [-0.05, 0) is 79.2 Å². The lowest BCUT2D eigenvalue weighted by atomic mass is 9.78. The summed E-state index contributed by atoms with van der Waals surface area (Å²) in [7, 11) is 0. The van der Waals surface area contributed by atoms with Crippen LogP contribution in [0.4, 0.5) is 8.78 Å². The van der Waals surface area contributed by atoms with Gasteiger partial charge in [-0.2, -0.15) is 0 Å². The molecule has 0 aromatic heterocycles. The molecule has 160 valence electrons. The largest absolute Gasteiger partial charge is 0.204 e. The number of halogens is 2. The fourth-order valence-corrected chi connectivity index (χ4v) is 4.64. The van der Waals surface area contributed by atoms with E-state index in [1.807, 2.05) is 6.07 Å². The molecule has 0 N–H and O–H groups in total. The van der Waals surface area contributed by atoms with Crippen LogP contribution in [0.5, 0.6) is 0 Å². The standard InChI is InChI=1S/C29H30F2/c1-2-3-4-5-21-8-13-24(14-9-21)25-15-10-22(11-16-25)6-7-23-12-18-27-26(20-23)17-19-28(30)29(27)31/h8-9,12-14,17-20,22,25H,2-5,10-11,15-16H2,1H3. The molecule has 0 amide bonds. The number of benzene rings is 3. The molecule has 3 aromatic carbocycles. The van der Waals surface area contributed by atoms with Gasteiger partial charge in [0.25, 0.3) is 0 Å². The van der Waals surface area contributed by atoms with Gasteiger partial charge in [0.05, 0.1) is 0 Å². The van der Waals surface area contributed by atoms with Crippen LogP contribution in [0.2, 0.25) is 0 Å². The monoisotopic (exact) mass is 416 g/mol. The van der Waals surface area contributed by atoms with Gasteiger partial charge in [-0.1, -0.05) is 68.0 Å². The van der Waals surface area contributed by atoms with Crippen LogP contribution in [-0.4, -0.2) is 0 Å². The first-order valence-corrected chi connectivity index (χ1v) is 11.6. The highest BCUT2D eigenvalue weighted by molar-refractivity contribution is 5.84. The molecule has 3 aromatic rings. The molecule has 0 aliphatic heterocycles. The number of hydrogen-bond acceptors (Lipinski definition) is 0. The molecule has 31 heavy (non-hydrogen) atoms. The molecular formula is C29H30F2. The van der Waals surface area contributed by atoms with Gasteiger partial charge in [-0.25, -0.2) is 8.78 Å². The summed E-state index contributed by atoms with van der Waals surface area (Å²) in [5.74, 6) is 6.13. The van der Waals surface area contributed by atoms with Crippen molar-refractivity contribution in [3.63, 3.8) is 0 Å². The van der Waals surface area contributed by atoms with E-state index in [1.54, 1.807) is 18.2 Å². The maximum atomic E-state index is 13.9. The SMILES string of the molecule is CCCCCc1ccc(C2CCC(C#Cc3ccc4c(F)c(F)ccc4c3)CC2)cc1. The molecular weight excluding hydrogens is 386 g/mol. The van der Waals surface area contributed by atoms with E-state index in [9.17, 15) is 8.78 Å². The maximum Gasteiger partial charge on any atom is 0.166 e. The van der Waals surface area contributed by atoms with E-state index >= 15 is 0 Å². The van der Waals surface area contributed by atoms with Crippen molar-refractivity contribution in [1.29, 1.82) is 0 Å². The predicted octanol–water partition coefficient (Wildman–Crippen LogP) is 8.18. The Bertz CT molecular complexity index is 1080. The van der Waals surface area contributed by atoms with Crippen molar-refractivity contribution in [2.24, 2.45) is 5.92 Å². The van der Waals surface area contributed by atoms with Crippen molar-refractivity contribution in [2.45, 2.75) is 64.2 Å². The minimum atomic E-state index is -0.811. The third-order valence-corrected chi connectivity index (χ3v) is 6.57. The van der Waals surface area contributed by atoms with Gasteiger partial charge < -0.3 is 0 Å². The van der Waals surface area contributed by atoms with Crippen LogP contribution in [0.3, 0.4) is 0 Å². The molecule has 0 saturated heterocycles. The van der Waals surface area contributed by atoms with Crippen molar-refractivity contribution in [3.05, 3.63) is 82.9 Å². The zero-order valence-corrected chi connectivity index (χ0v) is 18.3. The normalized spacial score (nSPS) is 18.5. The highest BCUT2D eigenvalue weighted by atomic mass is 19.2. The third kappa shape index (κ3) is 5.34. The summed E-state index contributed by atoms with van der Waals surface area (Å²) in [5.41, 5.74) is 3.78.